The molecule has 1 aromatic heterocycles. The second-order valence-electron chi connectivity index (χ2n) is 24.3. The van der Waals surface area contributed by atoms with Crippen molar-refractivity contribution in [2.24, 2.45) is 34.3 Å². The van der Waals surface area contributed by atoms with Crippen molar-refractivity contribution in [1.82, 2.24) is 19.5 Å². The van der Waals surface area contributed by atoms with E-state index in [1.807, 2.05) is 32.0 Å². The first-order chi connectivity index (χ1) is 37.0. The van der Waals surface area contributed by atoms with E-state index in [2.05, 4.69) is 30.8 Å². The molecule has 6 N–H and O–H groups in total. The number of benzene rings is 2. The van der Waals surface area contributed by atoms with Gasteiger partial charge in [-0.3, -0.25) is 19.2 Å². The Kier molecular flexibility index (Phi) is 22.1. The highest BCUT2D eigenvalue weighted by Crippen LogP contribution is 2.70. The summed E-state index contributed by atoms with van der Waals surface area (Å²) in [6.45, 7) is 10.7. The molecular weight excluding hydrogens is 1180 g/mol. The van der Waals surface area contributed by atoms with Crippen LogP contribution in [0.4, 0.5) is 4.39 Å². The number of aliphatic hydroxyl groups excluding tert-OH is 2. The summed E-state index contributed by atoms with van der Waals surface area (Å²) in [7, 11) is 1.94. The van der Waals surface area contributed by atoms with Gasteiger partial charge in [-0.1, -0.05) is 60.8 Å². The van der Waals surface area contributed by atoms with Crippen molar-refractivity contribution < 1.29 is 73.7 Å². The smallest absolute Gasteiger partial charge is 0.244 e. The van der Waals surface area contributed by atoms with Gasteiger partial charge in [0.25, 0.3) is 0 Å². The number of piperazine rings is 1. The molecule has 2 saturated heterocycles. The number of halogens is 6. The minimum absolute atomic E-state index is 0. The van der Waals surface area contributed by atoms with E-state index in [1.165, 1.54) is 24.3 Å². The van der Waals surface area contributed by atoms with E-state index in [-0.39, 0.29) is 133 Å². The molecule has 3 saturated carbocycles. The molecule has 4 aliphatic carbocycles. The van der Waals surface area contributed by atoms with Crippen LogP contribution in [0.3, 0.4) is 0 Å². The van der Waals surface area contributed by atoms with Gasteiger partial charge in [0.1, 0.15) is 40.5 Å². The number of carbonyl (C=O) groups excluding carboxylic acids is 4. The number of rotatable bonds is 14. The van der Waals surface area contributed by atoms with Crippen molar-refractivity contribution in [1.29, 1.82) is 0 Å². The highest BCUT2D eigenvalue weighted by Gasteiger charge is 2.75. The lowest BCUT2D eigenvalue weighted by Gasteiger charge is -2.62. The number of Topliss-reactive ketones (excluding diaryl/α,β-unsaturated/α-hetero) is 1. The highest BCUT2D eigenvalue weighted by atomic mass is 35.5. The Morgan fingerprint density at radius 3 is 2.30 bits per heavy atom. The monoisotopic (exact) mass is 1260 g/mol. The number of pyridine rings is 1. The number of nitrogens with one attached hydrogen (secondary N) is 1. The number of aliphatic hydroxyl groups is 3. The molecule has 9 atom stereocenters. The van der Waals surface area contributed by atoms with E-state index in [0.717, 1.165) is 34.1 Å². The normalized spacial score (nSPS) is 28.8. The van der Waals surface area contributed by atoms with Crippen LogP contribution in [0.15, 0.2) is 65.1 Å². The third-order valence-corrected chi connectivity index (χ3v) is 20.8. The zero-order chi connectivity index (χ0) is 57.8. The standard InChI is InChI=1S/C36H49Cl2N6O6S.C22H29FO5.3ClH/c1-24-22-25(2)40-33-26(24)8-6-10-30(33)50-23-27-28(37)11-12-31(32(27)38)51(47,48)41-36(13-20-49-21-14-36)35(46)43-17-15-42(16-18-43)34(45)29(39)9-7-19-44(3,4)5;1-12-8-16-15-5-4-13-9-14(25)6-7-19(13,2)21(15,23)17(26)10-20(16,3)22(12,28)18(27)11-24;;;/h6,8,10-12,22,29,41H,7,9,13-21,23,39H2,1-5H3;6-7,9,12,15-17,24,26,28H,4-5,8,10-11H2,1-3H3;3*1H/q+1;;;;/p-1/t29-;12-,15+,16+,17+,19+,20+,21+,22+;;;/m01.../s1. The van der Waals surface area contributed by atoms with Crippen LogP contribution < -0.4 is 27.6 Å². The molecular formula is C58H80Cl5FN6O11S. The number of aryl methyl sites for hydroxylation is 2. The number of amides is 2. The summed E-state index contributed by atoms with van der Waals surface area (Å²) in [6, 6.07) is 9.78. The van der Waals surface area contributed by atoms with Gasteiger partial charge in [-0.05, 0) is 126 Å². The maximum atomic E-state index is 16.9. The minimum Gasteiger partial charge on any atom is -1.00 e. The van der Waals surface area contributed by atoms with Crippen LogP contribution in [-0.2, 0) is 40.5 Å². The van der Waals surface area contributed by atoms with E-state index >= 15 is 4.39 Å². The second-order valence-corrected chi connectivity index (χ2v) is 26.7. The summed E-state index contributed by atoms with van der Waals surface area (Å²) >= 11 is 13.3. The summed E-state index contributed by atoms with van der Waals surface area (Å²) in [5.74, 6) is -2.11. The largest absolute Gasteiger partial charge is 1.00 e. The molecule has 2 aromatic carbocycles. The van der Waals surface area contributed by atoms with E-state index in [4.69, 9.17) is 38.4 Å². The molecule has 6 aliphatic rings. The predicted octanol–water partition coefficient (Wildman–Crippen LogP) is 3.79. The number of fused-ring (bicyclic) bond motifs is 6. The number of ether oxygens (including phenoxy) is 2. The van der Waals surface area contributed by atoms with Gasteiger partial charge >= 0.3 is 0 Å². The molecule has 456 valence electrons. The Morgan fingerprint density at radius 2 is 1.67 bits per heavy atom. The maximum Gasteiger partial charge on any atom is 0.244 e. The molecule has 3 heterocycles. The third-order valence-electron chi connectivity index (χ3n) is 18.4. The maximum absolute atomic E-state index is 16.9. The molecule has 3 aromatic rings. The molecule has 17 nitrogen and oxygen atoms in total. The zero-order valence-electron chi connectivity index (χ0n) is 47.8. The van der Waals surface area contributed by atoms with Crippen molar-refractivity contribution >= 4 is 92.3 Å². The van der Waals surface area contributed by atoms with Gasteiger partial charge in [-0.15, -0.1) is 24.8 Å². The fourth-order valence-corrected chi connectivity index (χ4v) is 16.3. The van der Waals surface area contributed by atoms with Gasteiger partial charge in [-0.25, -0.2) is 17.8 Å². The van der Waals surface area contributed by atoms with Crippen molar-refractivity contribution in [3.05, 3.63) is 87.1 Å². The number of sulfonamides is 1. The number of hydrogen-bond donors (Lipinski definition) is 5. The van der Waals surface area contributed by atoms with Crippen molar-refractivity contribution in [2.45, 2.75) is 126 Å². The fourth-order valence-electron chi connectivity index (χ4n) is 14.0. The number of para-hydroxylation sites is 1. The van der Waals surface area contributed by atoms with E-state index < -0.39 is 74.0 Å². The molecule has 0 spiro atoms. The topological polar surface area (TPSA) is 239 Å². The molecule has 82 heavy (non-hydrogen) atoms. The number of hydrogen-bond acceptors (Lipinski definition) is 13. The van der Waals surface area contributed by atoms with Gasteiger partial charge in [0, 0.05) is 77.8 Å². The third kappa shape index (κ3) is 12.7. The molecule has 0 radical (unpaired) electrons. The number of alkyl halides is 1. The molecule has 2 amide bonds. The molecule has 0 unspecified atom stereocenters. The molecule has 9 rings (SSSR count). The number of aromatic nitrogens is 1. The SMILES string of the molecule is C[C@@H]1C[C@H]2[C@@H]3CCC4=CC(=O)C=C[C@]4(C)[C@@]3(F)[C@@H](O)C[C@]2(C)[C@@]1(O)C(=O)CO.Cc1cc(C)c2cccc(OCc3c(Cl)ccc(S(=O)(=O)NC4(C(=O)N5CCN(C(=O)[C@@H](N)CCC[N+](C)(C)C)CC5)CCOCC4)c3Cl)c2n1.Cl.Cl.[Cl-]. The van der Waals surface area contributed by atoms with Crippen LogP contribution in [0.25, 0.3) is 10.9 Å². The number of nitrogens with two attached hydrogens (primary N) is 1. The van der Waals surface area contributed by atoms with Gasteiger partial charge in [0.2, 0.25) is 21.8 Å². The van der Waals surface area contributed by atoms with Crippen LogP contribution in [-0.4, -0.2) is 169 Å². The van der Waals surface area contributed by atoms with Crippen molar-refractivity contribution in [2.75, 3.05) is 73.7 Å². The van der Waals surface area contributed by atoms with Crippen LogP contribution in [0.5, 0.6) is 5.75 Å². The van der Waals surface area contributed by atoms with Gasteiger partial charge in [0.05, 0.1) is 44.9 Å². The first-order valence-corrected chi connectivity index (χ1v) is 29.6. The lowest BCUT2D eigenvalue weighted by molar-refractivity contribution is -0.870. The molecule has 24 heteroatoms. The Hall–Kier alpha value is -3.54. The van der Waals surface area contributed by atoms with E-state index in [1.54, 1.807) is 42.7 Å². The number of allylic oxidation sites excluding steroid dienone is 4. The van der Waals surface area contributed by atoms with E-state index in [9.17, 15) is 42.9 Å². The van der Waals surface area contributed by atoms with Crippen LogP contribution >= 0.6 is 48.0 Å². The van der Waals surface area contributed by atoms with Gasteiger partial charge < -0.3 is 57.2 Å². The average molecular weight is 1270 g/mol. The predicted molar refractivity (Wildman–Crippen MR) is 313 cm³/mol. The van der Waals surface area contributed by atoms with Crippen molar-refractivity contribution in [3.63, 3.8) is 0 Å². The lowest BCUT2D eigenvalue weighted by Crippen LogP contribution is -3.00. The van der Waals surface area contributed by atoms with Crippen LogP contribution in [0.1, 0.15) is 89.0 Å². The first-order valence-electron chi connectivity index (χ1n) is 27.4. The number of carbonyl (C=O) groups is 4. The fraction of sp³-hybridized carbons (Fsp3) is 0.603. The van der Waals surface area contributed by atoms with Gasteiger partial charge in [0.15, 0.2) is 17.2 Å². The van der Waals surface area contributed by atoms with Crippen LogP contribution in [0, 0.1) is 42.4 Å². The molecule has 0 bridgehead atoms. The Balaban J connectivity index is 0.000000337. The van der Waals surface area contributed by atoms with Crippen LogP contribution in [0.2, 0.25) is 10.0 Å². The van der Waals surface area contributed by atoms with E-state index in [0.29, 0.717) is 55.6 Å². The zero-order valence-corrected chi connectivity index (χ0v) is 52.5. The summed E-state index contributed by atoms with van der Waals surface area (Å²) in [6.07, 6.45) is 6.12. The number of nitrogens with zero attached hydrogens (tertiary/aromatic N) is 4. The average Bonchev–Trinajstić information content (AvgIpc) is 2.24. The lowest BCUT2D eigenvalue weighted by atomic mass is 9.44. The first kappa shape index (κ1) is 69.2. The van der Waals surface area contributed by atoms with Gasteiger partial charge in [-0.2, -0.15) is 4.72 Å². The molecule has 5 fully saturated rings. The molecule has 2 aliphatic heterocycles. The number of ketones is 2. The second kappa shape index (κ2) is 26.2. The minimum atomic E-state index is -4.35. The quantitative estimate of drug-likeness (QED) is 0.145. The number of quaternary nitrogens is 1. The summed E-state index contributed by atoms with van der Waals surface area (Å²) in [5.41, 5.74) is 2.47. The Bertz CT molecular complexity index is 3070. The summed E-state index contributed by atoms with van der Waals surface area (Å²) in [4.78, 5) is 59.4. The summed E-state index contributed by atoms with van der Waals surface area (Å²) < 4.78 is 60.3. The highest BCUT2D eigenvalue weighted by molar-refractivity contribution is 7.89. The summed E-state index contributed by atoms with van der Waals surface area (Å²) in [5, 5.41) is 33.0. The Labute approximate surface area is 509 Å². The Morgan fingerprint density at radius 1 is 1.02 bits per heavy atom. The van der Waals surface area contributed by atoms with Crippen molar-refractivity contribution in [3.8, 4) is 5.75 Å².